The van der Waals surface area contributed by atoms with Gasteiger partial charge in [0.2, 0.25) is 0 Å². The maximum absolute atomic E-state index is 13.5. The van der Waals surface area contributed by atoms with E-state index in [1.165, 1.54) is 18.2 Å². The van der Waals surface area contributed by atoms with E-state index in [1.54, 1.807) is 11.9 Å². The first-order chi connectivity index (χ1) is 10.1. The molecule has 1 aliphatic rings. The normalized spacial score (nSPS) is 17.2. The molecule has 5 heteroatoms. The van der Waals surface area contributed by atoms with Crippen LogP contribution >= 0.6 is 0 Å². The minimum Gasteiger partial charge on any atom is -0.395 e. The highest BCUT2D eigenvalue weighted by Gasteiger charge is 2.26. The van der Waals surface area contributed by atoms with E-state index in [-0.39, 0.29) is 24.1 Å². The summed E-state index contributed by atoms with van der Waals surface area (Å²) in [6, 6.07) is 3.99. The number of hydrogen-bond donors (Lipinski definition) is 1. The molecule has 1 heterocycles. The number of amides is 1. The van der Waals surface area contributed by atoms with Gasteiger partial charge in [0.05, 0.1) is 24.8 Å². The van der Waals surface area contributed by atoms with Gasteiger partial charge in [-0.2, -0.15) is 0 Å². The minimum atomic E-state index is -0.470. The van der Waals surface area contributed by atoms with Crippen LogP contribution in [0.5, 0.6) is 0 Å². The predicted molar refractivity (Wildman–Crippen MR) is 76.3 cm³/mol. The summed E-state index contributed by atoms with van der Waals surface area (Å²) in [6.45, 7) is 1.09. The molecule has 1 amide bonds. The van der Waals surface area contributed by atoms with Crippen molar-refractivity contribution < 1.29 is 19.0 Å². The Bertz CT molecular complexity index is 571. The van der Waals surface area contributed by atoms with Gasteiger partial charge in [-0.3, -0.25) is 4.79 Å². The van der Waals surface area contributed by atoms with Gasteiger partial charge in [0.25, 0.3) is 5.91 Å². The molecule has 0 aliphatic carbocycles. The second kappa shape index (κ2) is 7.21. The number of likely N-dealkylation sites (N-methyl/N-ethyl adjacent to an activating group) is 1. The van der Waals surface area contributed by atoms with Crippen molar-refractivity contribution >= 4 is 5.91 Å². The van der Waals surface area contributed by atoms with E-state index in [0.29, 0.717) is 25.2 Å². The fraction of sp³-hybridized carbons (Fsp3) is 0.438. The Kier molecular flexibility index (Phi) is 5.32. The largest absolute Gasteiger partial charge is 0.395 e. The fourth-order valence-electron chi connectivity index (χ4n) is 2.20. The molecule has 0 radical (unpaired) electrons. The Morgan fingerprint density at radius 3 is 3.05 bits per heavy atom. The van der Waals surface area contributed by atoms with Crippen LogP contribution in [0.4, 0.5) is 4.39 Å². The van der Waals surface area contributed by atoms with E-state index in [2.05, 4.69) is 11.8 Å². The minimum absolute atomic E-state index is 0.0130. The van der Waals surface area contributed by atoms with Crippen LogP contribution in [0.3, 0.4) is 0 Å². The topological polar surface area (TPSA) is 49.8 Å². The summed E-state index contributed by atoms with van der Waals surface area (Å²) in [5.41, 5.74) is 0.718. The molecule has 0 saturated carbocycles. The SMILES string of the molecule is CN(C(=O)c1cc(F)ccc1C#CCCO)C1CCOC1. The van der Waals surface area contributed by atoms with Crippen molar-refractivity contribution in [1.82, 2.24) is 4.90 Å². The van der Waals surface area contributed by atoms with Gasteiger partial charge in [0.15, 0.2) is 0 Å². The molecule has 1 aromatic rings. The molecule has 1 aromatic carbocycles. The number of carbonyl (C=O) groups is 1. The summed E-state index contributed by atoms with van der Waals surface area (Å²) < 4.78 is 18.7. The van der Waals surface area contributed by atoms with Gasteiger partial charge in [-0.15, -0.1) is 0 Å². The van der Waals surface area contributed by atoms with Gasteiger partial charge in [-0.05, 0) is 24.6 Å². The number of nitrogens with zero attached hydrogens (tertiary/aromatic N) is 1. The smallest absolute Gasteiger partial charge is 0.255 e. The molecule has 0 aromatic heterocycles. The summed E-state index contributed by atoms with van der Waals surface area (Å²) in [4.78, 5) is 14.1. The lowest BCUT2D eigenvalue weighted by Crippen LogP contribution is -2.37. The predicted octanol–water partition coefficient (Wildman–Crippen LogP) is 1.42. The van der Waals surface area contributed by atoms with Gasteiger partial charge in [-0.1, -0.05) is 11.8 Å². The van der Waals surface area contributed by atoms with Crippen molar-refractivity contribution in [2.45, 2.75) is 18.9 Å². The van der Waals surface area contributed by atoms with E-state index < -0.39 is 5.82 Å². The third-order valence-corrected chi connectivity index (χ3v) is 3.45. The second-order valence-corrected chi connectivity index (χ2v) is 4.90. The molecule has 4 nitrogen and oxygen atoms in total. The zero-order valence-corrected chi connectivity index (χ0v) is 11.9. The van der Waals surface area contributed by atoms with Crippen LogP contribution in [0.1, 0.15) is 28.8 Å². The fourth-order valence-corrected chi connectivity index (χ4v) is 2.20. The Labute approximate surface area is 123 Å². The molecule has 1 atom stereocenters. The monoisotopic (exact) mass is 291 g/mol. The van der Waals surface area contributed by atoms with Crippen molar-refractivity contribution in [2.75, 3.05) is 26.9 Å². The Hall–Kier alpha value is -1.90. The molecule has 1 aliphatic heterocycles. The van der Waals surface area contributed by atoms with Crippen LogP contribution in [-0.4, -0.2) is 48.8 Å². The van der Waals surface area contributed by atoms with Crippen molar-refractivity contribution in [3.8, 4) is 11.8 Å². The first kappa shape index (κ1) is 15.5. The maximum Gasteiger partial charge on any atom is 0.255 e. The summed E-state index contributed by atoms with van der Waals surface area (Å²) in [6.07, 6.45) is 1.10. The number of ether oxygens (including phenoxy) is 1. The molecular weight excluding hydrogens is 273 g/mol. The van der Waals surface area contributed by atoms with E-state index in [0.717, 1.165) is 6.42 Å². The molecule has 1 fully saturated rings. The van der Waals surface area contributed by atoms with Crippen molar-refractivity contribution in [2.24, 2.45) is 0 Å². The van der Waals surface area contributed by atoms with Crippen LogP contribution < -0.4 is 0 Å². The van der Waals surface area contributed by atoms with Crippen LogP contribution in [0.15, 0.2) is 18.2 Å². The number of hydrogen-bond acceptors (Lipinski definition) is 3. The number of halogens is 1. The quantitative estimate of drug-likeness (QED) is 0.857. The number of aliphatic hydroxyl groups is 1. The average Bonchev–Trinajstić information content (AvgIpc) is 3.01. The lowest BCUT2D eigenvalue weighted by atomic mass is 10.0. The second-order valence-electron chi connectivity index (χ2n) is 4.90. The molecule has 0 bridgehead atoms. The molecule has 112 valence electrons. The van der Waals surface area contributed by atoms with E-state index in [1.807, 2.05) is 0 Å². The van der Waals surface area contributed by atoms with Crippen LogP contribution in [-0.2, 0) is 4.74 Å². The highest BCUT2D eigenvalue weighted by atomic mass is 19.1. The maximum atomic E-state index is 13.5. The summed E-state index contributed by atoms with van der Waals surface area (Å²) in [7, 11) is 1.69. The van der Waals surface area contributed by atoms with Crippen LogP contribution in [0.2, 0.25) is 0 Å². The Morgan fingerprint density at radius 2 is 2.38 bits per heavy atom. The van der Waals surface area contributed by atoms with E-state index in [4.69, 9.17) is 9.84 Å². The molecule has 1 N–H and O–H groups in total. The summed E-state index contributed by atoms with van der Waals surface area (Å²) in [5.74, 6) is 4.83. The zero-order chi connectivity index (χ0) is 15.2. The van der Waals surface area contributed by atoms with E-state index >= 15 is 0 Å². The first-order valence-corrected chi connectivity index (χ1v) is 6.87. The van der Waals surface area contributed by atoms with Gasteiger partial charge in [0, 0.05) is 25.6 Å². The van der Waals surface area contributed by atoms with Gasteiger partial charge in [0.1, 0.15) is 5.82 Å². The third kappa shape index (κ3) is 3.81. The first-order valence-electron chi connectivity index (χ1n) is 6.87. The number of rotatable bonds is 3. The Morgan fingerprint density at radius 1 is 1.57 bits per heavy atom. The summed E-state index contributed by atoms with van der Waals surface area (Å²) in [5, 5.41) is 8.75. The van der Waals surface area contributed by atoms with Crippen LogP contribution in [0.25, 0.3) is 0 Å². The lowest BCUT2D eigenvalue weighted by Gasteiger charge is -2.23. The lowest BCUT2D eigenvalue weighted by molar-refractivity contribution is 0.0710. The van der Waals surface area contributed by atoms with Crippen molar-refractivity contribution in [3.63, 3.8) is 0 Å². The molecule has 1 unspecified atom stereocenters. The van der Waals surface area contributed by atoms with Gasteiger partial charge in [-0.25, -0.2) is 4.39 Å². The van der Waals surface area contributed by atoms with Crippen molar-refractivity contribution in [3.05, 3.63) is 35.1 Å². The summed E-state index contributed by atoms with van der Waals surface area (Å²) >= 11 is 0. The molecule has 2 rings (SSSR count). The molecule has 21 heavy (non-hydrogen) atoms. The van der Waals surface area contributed by atoms with Gasteiger partial charge >= 0.3 is 0 Å². The van der Waals surface area contributed by atoms with Crippen LogP contribution in [0, 0.1) is 17.7 Å². The van der Waals surface area contributed by atoms with Crippen molar-refractivity contribution in [1.29, 1.82) is 0 Å². The number of aliphatic hydroxyl groups excluding tert-OH is 1. The standard InChI is InChI=1S/C16H18FNO3/c1-18(14-7-9-21-11-14)16(20)15-10-13(17)6-5-12(15)4-2-3-8-19/h5-6,10,14,19H,3,7-9,11H2,1H3. The Balaban J connectivity index is 2.26. The zero-order valence-electron chi connectivity index (χ0n) is 11.9. The third-order valence-electron chi connectivity index (χ3n) is 3.45. The van der Waals surface area contributed by atoms with E-state index in [9.17, 15) is 9.18 Å². The highest BCUT2D eigenvalue weighted by molar-refractivity contribution is 5.96. The molecular formula is C16H18FNO3. The number of carbonyl (C=O) groups excluding carboxylic acids is 1. The molecule has 1 saturated heterocycles. The average molecular weight is 291 g/mol. The highest BCUT2D eigenvalue weighted by Crippen LogP contribution is 2.17. The van der Waals surface area contributed by atoms with Gasteiger partial charge < -0.3 is 14.7 Å². The molecule has 0 spiro atoms. The number of benzene rings is 1.